The third-order valence-corrected chi connectivity index (χ3v) is 6.38. The van der Waals surface area contributed by atoms with E-state index < -0.39 is 53.0 Å². The zero-order valence-electron chi connectivity index (χ0n) is 19.4. The number of nitrogens with one attached hydrogen (secondary N) is 2. The van der Waals surface area contributed by atoms with Crippen molar-refractivity contribution in [3.8, 4) is 5.75 Å². The van der Waals surface area contributed by atoms with Gasteiger partial charge in [-0.05, 0) is 64.5 Å². The maximum absolute atomic E-state index is 14.7. The van der Waals surface area contributed by atoms with Crippen LogP contribution in [-0.4, -0.2) is 43.9 Å². The van der Waals surface area contributed by atoms with E-state index in [1.165, 1.54) is 6.92 Å². The van der Waals surface area contributed by atoms with E-state index in [9.17, 15) is 31.5 Å². The molecule has 2 aromatic rings. The first-order valence-electron chi connectivity index (χ1n) is 11.1. The number of carbonyl (C=O) groups is 2. The number of amides is 1. The molecule has 3 rings (SSSR count). The number of anilines is 1. The van der Waals surface area contributed by atoms with Crippen molar-refractivity contribution in [1.29, 1.82) is 0 Å². The van der Waals surface area contributed by atoms with Crippen LogP contribution in [0.15, 0.2) is 28.7 Å². The average Bonchev–Trinajstić information content (AvgIpc) is 2.82. The number of methoxy groups -OCH3 is 1. The van der Waals surface area contributed by atoms with Crippen LogP contribution < -0.4 is 15.4 Å². The number of carbonyl (C=O) groups excluding carboxylic acids is 2. The quantitative estimate of drug-likeness (QED) is 0.327. The van der Waals surface area contributed by atoms with Gasteiger partial charge in [0.2, 0.25) is 0 Å². The third kappa shape index (κ3) is 6.26. The maximum atomic E-state index is 14.7. The summed E-state index contributed by atoms with van der Waals surface area (Å²) < 4.78 is 79.6. The minimum absolute atomic E-state index is 0.0377. The number of ether oxygens (including phenoxy) is 2. The molecule has 0 aromatic heterocycles. The molecular formula is C24H24BrF5N2O4. The van der Waals surface area contributed by atoms with E-state index in [-0.39, 0.29) is 12.8 Å². The zero-order chi connectivity index (χ0) is 26.6. The molecule has 1 heterocycles. The molecular weight excluding hydrogens is 555 g/mol. The first-order valence-corrected chi connectivity index (χ1v) is 11.9. The summed E-state index contributed by atoms with van der Waals surface area (Å²) in [7, 11) is 1.11. The summed E-state index contributed by atoms with van der Waals surface area (Å²) in [5, 5.41) is 4.31. The number of rotatable bonds is 8. The van der Waals surface area contributed by atoms with Crippen LogP contribution in [0.4, 0.5) is 27.6 Å². The van der Waals surface area contributed by atoms with E-state index in [1.807, 2.05) is 5.32 Å². The molecule has 0 radical (unpaired) electrons. The van der Waals surface area contributed by atoms with Gasteiger partial charge in [0, 0.05) is 12.1 Å². The lowest BCUT2D eigenvalue weighted by molar-refractivity contribution is -0.143. The standard InChI is InChI=1S/C24H24BrF5N2O4/c1-3-19(24(28,29)30)31-13-10-16(26)20(17(27)11-13)22(33)32-18(23(34)35-2)9-12-6-7-15(25)21-14(12)5-4-8-36-21/h6-7,10-11,18-19,31H,3-5,8-9H2,1-2H3,(H,32,33)/t18-,19+/m0/s1. The van der Waals surface area contributed by atoms with E-state index in [4.69, 9.17) is 9.47 Å². The van der Waals surface area contributed by atoms with Crippen molar-refractivity contribution in [2.75, 3.05) is 19.0 Å². The summed E-state index contributed by atoms with van der Waals surface area (Å²) in [6, 6.07) is 1.35. The molecule has 0 fully saturated rings. The summed E-state index contributed by atoms with van der Waals surface area (Å²) in [5.74, 6) is -4.24. The van der Waals surface area contributed by atoms with Crippen molar-refractivity contribution < 1.29 is 41.0 Å². The average molecular weight is 579 g/mol. The fraction of sp³-hybridized carbons (Fsp3) is 0.417. The normalized spacial score (nSPS) is 14.8. The number of halogens is 6. The predicted molar refractivity (Wildman–Crippen MR) is 125 cm³/mol. The molecule has 0 saturated heterocycles. The predicted octanol–water partition coefficient (Wildman–Crippen LogP) is 5.32. The fourth-order valence-corrected chi connectivity index (χ4v) is 4.45. The molecule has 36 heavy (non-hydrogen) atoms. The first kappa shape index (κ1) is 27.7. The molecule has 1 amide bonds. The highest BCUT2D eigenvalue weighted by molar-refractivity contribution is 9.10. The van der Waals surface area contributed by atoms with Gasteiger partial charge in [0.1, 0.15) is 35.0 Å². The molecule has 0 aliphatic carbocycles. The lowest BCUT2D eigenvalue weighted by Crippen LogP contribution is -2.44. The van der Waals surface area contributed by atoms with Crippen molar-refractivity contribution in [3.05, 3.63) is 57.1 Å². The highest BCUT2D eigenvalue weighted by atomic mass is 79.9. The molecule has 0 bridgehead atoms. The number of hydrogen-bond acceptors (Lipinski definition) is 5. The molecule has 2 N–H and O–H groups in total. The Balaban J connectivity index is 1.84. The van der Waals surface area contributed by atoms with Gasteiger partial charge in [0.15, 0.2) is 0 Å². The minimum Gasteiger partial charge on any atom is -0.492 e. The SMILES string of the molecule is CC[C@@H](Nc1cc(F)c(C(=O)N[C@@H](Cc2ccc(Br)c3c2CCCO3)C(=O)OC)c(F)c1)C(F)(F)F. The highest BCUT2D eigenvalue weighted by Crippen LogP contribution is 2.36. The number of fused-ring (bicyclic) bond motifs is 1. The van der Waals surface area contributed by atoms with Crippen LogP contribution >= 0.6 is 15.9 Å². The van der Waals surface area contributed by atoms with Crippen LogP contribution in [0.25, 0.3) is 0 Å². The van der Waals surface area contributed by atoms with Gasteiger partial charge in [0.25, 0.3) is 5.91 Å². The third-order valence-electron chi connectivity index (χ3n) is 5.76. The zero-order valence-corrected chi connectivity index (χ0v) is 21.0. The van der Waals surface area contributed by atoms with Gasteiger partial charge >= 0.3 is 12.1 Å². The molecule has 2 atom stereocenters. The molecule has 2 aromatic carbocycles. The van der Waals surface area contributed by atoms with Crippen molar-refractivity contribution >= 4 is 33.5 Å². The van der Waals surface area contributed by atoms with Gasteiger partial charge in [-0.1, -0.05) is 13.0 Å². The Morgan fingerprint density at radius 2 is 1.86 bits per heavy atom. The summed E-state index contributed by atoms with van der Waals surface area (Å²) in [6.07, 6.45) is -3.64. The van der Waals surface area contributed by atoms with Crippen LogP contribution in [-0.2, 0) is 22.4 Å². The number of benzene rings is 2. The summed E-state index contributed by atoms with van der Waals surface area (Å²) >= 11 is 3.41. The lowest BCUT2D eigenvalue weighted by atomic mass is 9.95. The van der Waals surface area contributed by atoms with Gasteiger partial charge in [-0.3, -0.25) is 4.79 Å². The summed E-state index contributed by atoms with van der Waals surface area (Å²) in [4.78, 5) is 25.2. The monoisotopic (exact) mass is 578 g/mol. The van der Waals surface area contributed by atoms with Crippen molar-refractivity contribution in [1.82, 2.24) is 5.32 Å². The van der Waals surface area contributed by atoms with E-state index in [1.54, 1.807) is 12.1 Å². The topological polar surface area (TPSA) is 76.7 Å². The number of hydrogen-bond donors (Lipinski definition) is 2. The van der Waals surface area contributed by atoms with E-state index in [0.717, 1.165) is 23.6 Å². The van der Waals surface area contributed by atoms with Crippen molar-refractivity contribution in [2.45, 2.75) is 50.9 Å². The first-order chi connectivity index (χ1) is 17.0. The van der Waals surface area contributed by atoms with E-state index >= 15 is 0 Å². The van der Waals surface area contributed by atoms with E-state index in [2.05, 4.69) is 21.2 Å². The van der Waals surface area contributed by atoms with Gasteiger partial charge < -0.3 is 20.1 Å². The van der Waals surface area contributed by atoms with Crippen molar-refractivity contribution in [3.63, 3.8) is 0 Å². The Hall–Kier alpha value is -2.89. The Kier molecular flexibility index (Phi) is 8.80. The van der Waals surface area contributed by atoms with Crippen LogP contribution in [0.2, 0.25) is 0 Å². The molecule has 0 unspecified atom stereocenters. The summed E-state index contributed by atoms with van der Waals surface area (Å²) in [6.45, 7) is 1.79. The Morgan fingerprint density at radius 3 is 2.44 bits per heavy atom. The number of alkyl halides is 3. The van der Waals surface area contributed by atoms with Crippen molar-refractivity contribution in [2.24, 2.45) is 0 Å². The van der Waals surface area contributed by atoms with Gasteiger partial charge in [-0.2, -0.15) is 13.2 Å². The Labute approximate surface area is 212 Å². The largest absolute Gasteiger partial charge is 0.492 e. The molecule has 0 spiro atoms. The maximum Gasteiger partial charge on any atom is 0.408 e. The molecule has 12 heteroatoms. The fourth-order valence-electron chi connectivity index (χ4n) is 3.96. The number of esters is 1. The van der Waals surface area contributed by atoms with E-state index in [0.29, 0.717) is 36.5 Å². The van der Waals surface area contributed by atoms with Crippen LogP contribution in [0.3, 0.4) is 0 Å². The lowest BCUT2D eigenvalue weighted by Gasteiger charge is -2.24. The summed E-state index contributed by atoms with van der Waals surface area (Å²) in [5.41, 5.74) is 0.0102. The molecule has 0 saturated carbocycles. The van der Waals surface area contributed by atoms with Gasteiger partial charge in [0.05, 0.1) is 18.2 Å². The molecule has 6 nitrogen and oxygen atoms in total. The Bertz CT molecular complexity index is 1120. The van der Waals surface area contributed by atoms with Crippen LogP contribution in [0.1, 0.15) is 41.3 Å². The molecule has 1 aliphatic heterocycles. The second kappa shape index (κ2) is 11.4. The smallest absolute Gasteiger partial charge is 0.408 e. The van der Waals surface area contributed by atoms with Crippen LogP contribution in [0, 0.1) is 11.6 Å². The Morgan fingerprint density at radius 1 is 1.19 bits per heavy atom. The molecule has 196 valence electrons. The second-order valence-corrected chi connectivity index (χ2v) is 9.04. The van der Waals surface area contributed by atoms with Gasteiger partial charge in [-0.15, -0.1) is 0 Å². The molecule has 1 aliphatic rings. The van der Waals surface area contributed by atoms with Crippen LogP contribution in [0.5, 0.6) is 5.75 Å². The minimum atomic E-state index is -4.64. The highest BCUT2D eigenvalue weighted by Gasteiger charge is 2.38. The van der Waals surface area contributed by atoms with Gasteiger partial charge in [-0.25, -0.2) is 13.6 Å². The second-order valence-electron chi connectivity index (χ2n) is 8.18.